The van der Waals surface area contributed by atoms with Crippen LogP contribution in [-0.2, 0) is 42.6 Å². The Morgan fingerprint density at radius 3 is 0.945 bits per heavy atom. The number of rotatable bonds is 13. The summed E-state index contributed by atoms with van der Waals surface area (Å²) in [5.74, 6) is 0. The van der Waals surface area contributed by atoms with Gasteiger partial charge < -0.3 is 124 Å². The van der Waals surface area contributed by atoms with Crippen molar-refractivity contribution in [1.82, 2.24) is 0 Å². The van der Waals surface area contributed by atoms with Crippen LogP contribution in [0.15, 0.2) is 0 Å². The number of aliphatic hydroxyl groups is 16. The van der Waals surface area contributed by atoms with E-state index < -0.39 is 180 Å². The normalized spacial score (nSPS) is 52.6. The molecule has 0 aromatic heterocycles. The topological polar surface area (TPSA) is 407 Å². The molecule has 5 saturated heterocycles. The lowest BCUT2D eigenvalue weighted by molar-refractivity contribution is -0.391. The first-order valence-corrected chi connectivity index (χ1v) is 17.5. The van der Waals surface area contributed by atoms with Crippen LogP contribution in [0, 0.1) is 0 Å². The fourth-order valence-electron chi connectivity index (χ4n) is 6.98. The summed E-state index contributed by atoms with van der Waals surface area (Å²) in [5, 5.41) is 166. The third-order valence-corrected chi connectivity index (χ3v) is 10.2. The molecule has 0 unspecified atom stereocenters. The molecule has 25 heteroatoms. The molecule has 5 heterocycles. The quantitative estimate of drug-likeness (QED) is 0.0821. The fraction of sp³-hybridized carbons (Fsp3) is 1.00. The van der Waals surface area contributed by atoms with Gasteiger partial charge in [-0.05, 0) is 0 Å². The lowest BCUT2D eigenvalue weighted by Crippen LogP contribution is -2.67. The molecule has 16 N–H and O–H groups in total. The Bertz CT molecular complexity index is 1170. The first-order valence-electron chi connectivity index (χ1n) is 17.5. The summed E-state index contributed by atoms with van der Waals surface area (Å²) in [7, 11) is 0. The van der Waals surface area contributed by atoms with E-state index in [0.29, 0.717) is 0 Å². The molecule has 25 nitrogen and oxygen atoms in total. The van der Waals surface area contributed by atoms with E-state index in [1.165, 1.54) is 0 Å². The summed E-state index contributed by atoms with van der Waals surface area (Å²) in [6, 6.07) is 0. The Morgan fingerprint density at radius 2 is 0.618 bits per heavy atom. The zero-order valence-electron chi connectivity index (χ0n) is 28.9. The van der Waals surface area contributed by atoms with Crippen LogP contribution in [0.4, 0.5) is 0 Å². The maximum Gasteiger partial charge on any atom is 0.187 e. The van der Waals surface area contributed by atoms with Crippen molar-refractivity contribution in [2.24, 2.45) is 0 Å². The number of ether oxygens (including phenoxy) is 9. The van der Waals surface area contributed by atoms with Crippen molar-refractivity contribution < 1.29 is 124 Å². The number of aliphatic hydroxyl groups excluding tert-OH is 16. The Morgan fingerprint density at radius 1 is 0.327 bits per heavy atom. The van der Waals surface area contributed by atoms with E-state index in [9.17, 15) is 81.7 Å². The van der Waals surface area contributed by atoms with Gasteiger partial charge in [0.1, 0.15) is 122 Å². The van der Waals surface area contributed by atoms with E-state index >= 15 is 0 Å². The molecule has 55 heavy (non-hydrogen) atoms. The van der Waals surface area contributed by atoms with Crippen molar-refractivity contribution in [2.75, 3.05) is 39.6 Å². The Labute approximate surface area is 311 Å². The van der Waals surface area contributed by atoms with Crippen LogP contribution in [0.5, 0.6) is 0 Å². The van der Waals surface area contributed by atoms with E-state index in [2.05, 4.69) is 0 Å². The van der Waals surface area contributed by atoms with Crippen LogP contribution >= 0.6 is 0 Å². The van der Waals surface area contributed by atoms with Crippen LogP contribution in [0.3, 0.4) is 0 Å². The standard InChI is InChI=1S/C30H52O25/c31-1-8-14(38)15(39)19(43)27(48-8)53-24-10(3-33)50-29(21(45)17(24)41)55-26-12(5-35)51-30(22(46)18(26)42)54-25-11(4-34)49-28(20(44)16(25)40)52-23-9(2-32)47-6-7(36)13(23)37/h7-46H,1-6H2/t7-,8-,9-,10-,11-,12-,13-,14-,15+,16-,17-,18-,19-,20-,21+,22-,23-,24-,25-,26-,27+,28+,29+,30+/m1/s1. The van der Waals surface area contributed by atoms with Gasteiger partial charge in [-0.25, -0.2) is 0 Å². The highest BCUT2D eigenvalue weighted by atomic mass is 16.8. The molecule has 0 aliphatic carbocycles. The van der Waals surface area contributed by atoms with Gasteiger partial charge in [0.05, 0.1) is 39.6 Å². The molecule has 0 bridgehead atoms. The minimum Gasteiger partial charge on any atom is -0.394 e. The highest BCUT2D eigenvalue weighted by Gasteiger charge is 2.56. The van der Waals surface area contributed by atoms with Gasteiger partial charge in [0.25, 0.3) is 0 Å². The minimum absolute atomic E-state index is 0.336. The summed E-state index contributed by atoms with van der Waals surface area (Å²) < 4.78 is 49.5. The van der Waals surface area contributed by atoms with E-state index in [-0.39, 0.29) is 6.61 Å². The van der Waals surface area contributed by atoms with Gasteiger partial charge in [-0.1, -0.05) is 0 Å². The smallest absolute Gasteiger partial charge is 0.187 e. The predicted octanol–water partition coefficient (Wildman–Crippen LogP) is -11.2. The van der Waals surface area contributed by atoms with Crippen molar-refractivity contribution in [1.29, 1.82) is 0 Å². The van der Waals surface area contributed by atoms with Crippen molar-refractivity contribution in [3.63, 3.8) is 0 Å². The van der Waals surface area contributed by atoms with Crippen LogP contribution in [0.2, 0.25) is 0 Å². The maximum atomic E-state index is 11.1. The molecule has 5 aliphatic heterocycles. The van der Waals surface area contributed by atoms with Gasteiger partial charge >= 0.3 is 0 Å². The molecule has 5 fully saturated rings. The zero-order valence-corrected chi connectivity index (χ0v) is 28.9. The first kappa shape index (κ1) is 45.1. The number of hydrogen-bond acceptors (Lipinski definition) is 25. The summed E-state index contributed by atoms with van der Waals surface area (Å²) in [4.78, 5) is 0. The van der Waals surface area contributed by atoms with E-state index in [0.717, 1.165) is 0 Å². The number of hydrogen-bond donors (Lipinski definition) is 16. The molecule has 5 rings (SSSR count). The molecule has 24 atom stereocenters. The lowest BCUT2D eigenvalue weighted by Gasteiger charge is -2.49. The Balaban J connectivity index is 1.22. The third-order valence-electron chi connectivity index (χ3n) is 10.2. The summed E-state index contributed by atoms with van der Waals surface area (Å²) in [5.41, 5.74) is 0. The second-order valence-corrected chi connectivity index (χ2v) is 13.8. The Kier molecular flexibility index (Phi) is 15.9. The molecule has 0 spiro atoms. The van der Waals surface area contributed by atoms with Crippen molar-refractivity contribution in [2.45, 2.75) is 147 Å². The van der Waals surface area contributed by atoms with Gasteiger partial charge in [-0.2, -0.15) is 0 Å². The molecule has 322 valence electrons. The molecule has 0 aromatic carbocycles. The van der Waals surface area contributed by atoms with Crippen LogP contribution in [0.25, 0.3) is 0 Å². The predicted molar refractivity (Wildman–Crippen MR) is 165 cm³/mol. The van der Waals surface area contributed by atoms with Crippen molar-refractivity contribution >= 4 is 0 Å². The van der Waals surface area contributed by atoms with Gasteiger partial charge in [0, 0.05) is 0 Å². The van der Waals surface area contributed by atoms with E-state index in [1.54, 1.807) is 0 Å². The Hall–Kier alpha value is -1.00. The van der Waals surface area contributed by atoms with Gasteiger partial charge in [-0.15, -0.1) is 0 Å². The summed E-state index contributed by atoms with van der Waals surface area (Å²) >= 11 is 0. The molecular weight excluding hydrogens is 760 g/mol. The highest BCUT2D eigenvalue weighted by molar-refractivity contribution is 4.98. The summed E-state index contributed by atoms with van der Waals surface area (Å²) in [6.45, 7) is -4.59. The van der Waals surface area contributed by atoms with E-state index in [1.807, 2.05) is 0 Å². The van der Waals surface area contributed by atoms with Crippen LogP contribution < -0.4 is 0 Å². The second-order valence-electron chi connectivity index (χ2n) is 13.8. The van der Waals surface area contributed by atoms with Crippen molar-refractivity contribution in [3.8, 4) is 0 Å². The third kappa shape index (κ3) is 9.26. The zero-order chi connectivity index (χ0) is 40.5. The molecule has 5 aliphatic rings. The van der Waals surface area contributed by atoms with Gasteiger partial charge in [-0.3, -0.25) is 0 Å². The van der Waals surface area contributed by atoms with Crippen LogP contribution in [0.1, 0.15) is 0 Å². The van der Waals surface area contributed by atoms with E-state index in [4.69, 9.17) is 42.6 Å². The first-order chi connectivity index (χ1) is 26.1. The lowest BCUT2D eigenvalue weighted by atomic mass is 9.95. The molecule has 0 amide bonds. The monoisotopic (exact) mass is 812 g/mol. The molecule has 0 saturated carbocycles. The fourth-order valence-corrected chi connectivity index (χ4v) is 6.98. The van der Waals surface area contributed by atoms with Gasteiger partial charge in [0.2, 0.25) is 0 Å². The molecular formula is C30H52O25. The molecule has 0 radical (unpaired) electrons. The minimum atomic E-state index is -2.09. The summed E-state index contributed by atoms with van der Waals surface area (Å²) in [6.07, 6.45) is -42.1. The largest absolute Gasteiger partial charge is 0.394 e. The average Bonchev–Trinajstić information content (AvgIpc) is 3.18. The molecule has 0 aromatic rings. The maximum absolute atomic E-state index is 11.1. The average molecular weight is 813 g/mol. The second kappa shape index (κ2) is 19.4. The SMILES string of the molecule is OC[C@H]1O[C@@H](O[C@H]2[C@H](O)[C@H](O)[C@H](O[C@H]3[C@H](O)[C@@H](O)[C@H](O[C@H]4[C@H](O)[C@@H](O)[C@H](O[C@H]5[C@H](O)[C@H](O)CO[C@@H]5CO)O[C@@H]4CO)O[C@@H]3CO)O[C@@H]2CO)[C@H](O)[C@@H](O)[C@@H]1O. The van der Waals surface area contributed by atoms with Gasteiger partial charge in [0.15, 0.2) is 25.2 Å². The van der Waals surface area contributed by atoms with Crippen LogP contribution in [-0.4, -0.2) is 269 Å². The van der Waals surface area contributed by atoms with Crippen molar-refractivity contribution in [3.05, 3.63) is 0 Å². The highest BCUT2D eigenvalue weighted by Crippen LogP contribution is 2.35.